The van der Waals surface area contributed by atoms with Gasteiger partial charge in [-0.25, -0.2) is 8.78 Å². The van der Waals surface area contributed by atoms with E-state index in [1.165, 1.54) is 0 Å². The first-order valence-corrected chi connectivity index (χ1v) is 7.13. The highest BCUT2D eigenvalue weighted by atomic mass is 19.1. The molecule has 1 aromatic rings. The highest BCUT2D eigenvalue weighted by molar-refractivity contribution is 5.94. The van der Waals surface area contributed by atoms with Gasteiger partial charge in [-0.05, 0) is 44.0 Å². The zero-order valence-electron chi connectivity index (χ0n) is 11.3. The van der Waals surface area contributed by atoms with Crippen molar-refractivity contribution in [1.82, 2.24) is 9.80 Å². The summed E-state index contributed by atoms with van der Waals surface area (Å²) in [6.45, 7) is 3.30. The molecular weight excluding hydrogens is 262 g/mol. The minimum atomic E-state index is -0.649. The molecule has 0 spiro atoms. The Hall–Kier alpha value is -1.49. The summed E-state index contributed by atoms with van der Waals surface area (Å²) >= 11 is 0. The van der Waals surface area contributed by atoms with Crippen LogP contribution in [0.25, 0.3) is 0 Å². The summed E-state index contributed by atoms with van der Waals surface area (Å²) in [5.41, 5.74) is -0.156. The summed E-state index contributed by atoms with van der Waals surface area (Å²) < 4.78 is 26.9. The van der Waals surface area contributed by atoms with Crippen molar-refractivity contribution >= 4 is 5.91 Å². The lowest BCUT2D eigenvalue weighted by atomic mass is 10.1. The molecular formula is C15H18F2N2O. The van der Waals surface area contributed by atoms with Gasteiger partial charge in [0, 0.05) is 25.7 Å². The second-order valence-electron chi connectivity index (χ2n) is 5.56. The van der Waals surface area contributed by atoms with E-state index in [0.717, 1.165) is 50.6 Å². The summed E-state index contributed by atoms with van der Waals surface area (Å²) in [6, 6.07) is 3.42. The number of amides is 1. The van der Waals surface area contributed by atoms with Crippen LogP contribution in [0.3, 0.4) is 0 Å². The van der Waals surface area contributed by atoms with Crippen molar-refractivity contribution in [3.8, 4) is 0 Å². The maximum absolute atomic E-state index is 13.7. The maximum atomic E-state index is 13.7. The molecule has 1 atom stereocenters. The summed E-state index contributed by atoms with van der Waals surface area (Å²) in [6.07, 6.45) is 3.12. The fraction of sp³-hybridized carbons (Fsp3) is 0.533. The minimum absolute atomic E-state index is 0.156. The van der Waals surface area contributed by atoms with Crippen molar-refractivity contribution in [3.63, 3.8) is 0 Å². The van der Waals surface area contributed by atoms with E-state index in [-0.39, 0.29) is 5.56 Å². The molecule has 2 heterocycles. The first-order chi connectivity index (χ1) is 9.65. The van der Waals surface area contributed by atoms with Crippen LogP contribution in [0.4, 0.5) is 8.78 Å². The second kappa shape index (κ2) is 5.48. The van der Waals surface area contributed by atoms with Gasteiger partial charge in [0.05, 0.1) is 5.56 Å². The van der Waals surface area contributed by atoms with E-state index < -0.39 is 17.5 Å². The lowest BCUT2D eigenvalue weighted by Crippen LogP contribution is -2.40. The predicted octanol–water partition coefficient (Wildman–Crippen LogP) is 2.28. The number of fused-ring (bicyclic) bond motifs is 1. The third kappa shape index (κ3) is 2.54. The molecule has 0 N–H and O–H groups in total. The first-order valence-electron chi connectivity index (χ1n) is 7.13. The lowest BCUT2D eigenvalue weighted by molar-refractivity contribution is 0.0738. The number of carbonyl (C=O) groups excluding carboxylic acids is 1. The van der Waals surface area contributed by atoms with Crippen molar-refractivity contribution in [2.24, 2.45) is 0 Å². The smallest absolute Gasteiger partial charge is 0.256 e. The molecule has 1 amide bonds. The largest absolute Gasteiger partial charge is 0.337 e. The average molecular weight is 280 g/mol. The van der Waals surface area contributed by atoms with Crippen LogP contribution >= 0.6 is 0 Å². The third-order valence-corrected chi connectivity index (χ3v) is 4.25. The normalized spacial score (nSPS) is 23.5. The van der Waals surface area contributed by atoms with Crippen LogP contribution in [0.2, 0.25) is 0 Å². The molecule has 1 aromatic carbocycles. The number of rotatable bonds is 1. The molecule has 3 nitrogen and oxygen atoms in total. The zero-order chi connectivity index (χ0) is 14.1. The van der Waals surface area contributed by atoms with Crippen molar-refractivity contribution in [3.05, 3.63) is 35.4 Å². The van der Waals surface area contributed by atoms with Crippen LogP contribution in [0.5, 0.6) is 0 Å². The Kier molecular flexibility index (Phi) is 3.70. The molecule has 20 heavy (non-hydrogen) atoms. The third-order valence-electron chi connectivity index (χ3n) is 4.25. The van der Waals surface area contributed by atoms with Gasteiger partial charge < -0.3 is 4.90 Å². The van der Waals surface area contributed by atoms with E-state index in [1.54, 1.807) is 4.90 Å². The van der Waals surface area contributed by atoms with Gasteiger partial charge in [0.15, 0.2) is 0 Å². The van der Waals surface area contributed by atoms with Gasteiger partial charge in [0.25, 0.3) is 5.91 Å². The van der Waals surface area contributed by atoms with E-state index in [2.05, 4.69) is 4.90 Å². The van der Waals surface area contributed by atoms with E-state index in [4.69, 9.17) is 0 Å². The Labute approximate surface area is 117 Å². The van der Waals surface area contributed by atoms with Crippen LogP contribution in [-0.4, -0.2) is 47.9 Å². The molecule has 0 saturated carbocycles. The van der Waals surface area contributed by atoms with Gasteiger partial charge in [0.1, 0.15) is 11.6 Å². The highest BCUT2D eigenvalue weighted by Gasteiger charge is 2.31. The Morgan fingerprint density at radius 2 is 1.95 bits per heavy atom. The number of carbonyl (C=O) groups is 1. The topological polar surface area (TPSA) is 23.6 Å². The van der Waals surface area contributed by atoms with Crippen LogP contribution in [-0.2, 0) is 0 Å². The number of nitrogens with zero attached hydrogens (tertiary/aromatic N) is 2. The monoisotopic (exact) mass is 280 g/mol. The molecule has 108 valence electrons. The van der Waals surface area contributed by atoms with Crippen molar-refractivity contribution < 1.29 is 13.6 Å². The number of halogens is 2. The number of hydrogen-bond donors (Lipinski definition) is 0. The SMILES string of the molecule is O=C(c1cc(F)ccc1F)N1CCCN2CCCC2C1. The van der Waals surface area contributed by atoms with E-state index in [0.29, 0.717) is 19.1 Å². The lowest BCUT2D eigenvalue weighted by Gasteiger charge is -2.25. The number of benzene rings is 1. The Morgan fingerprint density at radius 3 is 2.80 bits per heavy atom. The molecule has 3 rings (SSSR count). The molecule has 2 aliphatic heterocycles. The Morgan fingerprint density at radius 1 is 1.15 bits per heavy atom. The molecule has 2 saturated heterocycles. The average Bonchev–Trinajstić information content (AvgIpc) is 2.78. The summed E-state index contributed by atoms with van der Waals surface area (Å²) in [5, 5.41) is 0. The van der Waals surface area contributed by atoms with Crippen LogP contribution in [0.1, 0.15) is 29.6 Å². The predicted molar refractivity (Wildman–Crippen MR) is 71.5 cm³/mol. The van der Waals surface area contributed by atoms with Gasteiger partial charge in [-0.3, -0.25) is 9.69 Å². The molecule has 1 unspecified atom stereocenters. The number of hydrogen-bond acceptors (Lipinski definition) is 2. The Bertz CT molecular complexity index is 521. The van der Waals surface area contributed by atoms with Crippen LogP contribution < -0.4 is 0 Å². The molecule has 2 aliphatic rings. The van der Waals surface area contributed by atoms with Crippen LogP contribution in [0, 0.1) is 11.6 Å². The van der Waals surface area contributed by atoms with Gasteiger partial charge >= 0.3 is 0 Å². The van der Waals surface area contributed by atoms with Gasteiger partial charge in [-0.1, -0.05) is 0 Å². The van der Waals surface area contributed by atoms with Crippen LogP contribution in [0.15, 0.2) is 18.2 Å². The zero-order valence-corrected chi connectivity index (χ0v) is 11.3. The van der Waals surface area contributed by atoms with E-state index in [9.17, 15) is 13.6 Å². The van der Waals surface area contributed by atoms with Crippen molar-refractivity contribution in [2.45, 2.75) is 25.3 Å². The second-order valence-corrected chi connectivity index (χ2v) is 5.56. The molecule has 2 fully saturated rings. The highest BCUT2D eigenvalue weighted by Crippen LogP contribution is 2.23. The van der Waals surface area contributed by atoms with E-state index in [1.807, 2.05) is 0 Å². The quantitative estimate of drug-likeness (QED) is 0.788. The van der Waals surface area contributed by atoms with Gasteiger partial charge in [0.2, 0.25) is 0 Å². The van der Waals surface area contributed by atoms with E-state index >= 15 is 0 Å². The molecule has 0 aromatic heterocycles. The molecule has 0 bridgehead atoms. The summed E-state index contributed by atoms with van der Waals surface area (Å²) in [4.78, 5) is 16.5. The van der Waals surface area contributed by atoms with Crippen molar-refractivity contribution in [2.75, 3.05) is 26.2 Å². The maximum Gasteiger partial charge on any atom is 0.256 e. The standard InChI is InChI=1S/C15H18F2N2O/c16-11-4-5-14(17)13(9-11)15(20)19-8-2-7-18-6-1-3-12(18)10-19/h4-5,9,12H,1-3,6-8,10H2. The molecule has 5 heteroatoms. The fourth-order valence-electron chi connectivity index (χ4n) is 3.22. The van der Waals surface area contributed by atoms with Gasteiger partial charge in [-0.15, -0.1) is 0 Å². The minimum Gasteiger partial charge on any atom is -0.337 e. The fourth-order valence-corrected chi connectivity index (χ4v) is 3.22. The summed E-state index contributed by atoms with van der Waals surface area (Å²) in [7, 11) is 0. The molecule has 0 radical (unpaired) electrons. The van der Waals surface area contributed by atoms with Gasteiger partial charge in [-0.2, -0.15) is 0 Å². The van der Waals surface area contributed by atoms with Crippen molar-refractivity contribution in [1.29, 1.82) is 0 Å². The summed E-state index contributed by atoms with van der Waals surface area (Å²) in [5.74, 6) is -1.62. The first kappa shape index (κ1) is 13.5. The Balaban J connectivity index is 1.80. The molecule has 0 aliphatic carbocycles.